The number of halogens is 1. The van der Waals surface area contributed by atoms with Gasteiger partial charge in [-0.1, -0.05) is 13.8 Å². The van der Waals surface area contributed by atoms with Crippen molar-refractivity contribution in [2.45, 2.75) is 58.7 Å². The molecule has 0 radical (unpaired) electrons. The number of amides is 1. The Labute approximate surface area is 142 Å². The SMILES string of the molecule is CCc1cnc(F)c(C2(O)CCN(C(=O)OC(C)(C)C)CC2C)c1. The van der Waals surface area contributed by atoms with Crippen molar-refractivity contribution in [3.8, 4) is 0 Å². The van der Waals surface area contributed by atoms with Crippen molar-refractivity contribution in [2.75, 3.05) is 13.1 Å². The number of aliphatic hydroxyl groups is 1. The molecule has 0 bridgehead atoms. The molecule has 2 atom stereocenters. The van der Waals surface area contributed by atoms with Crippen LogP contribution in [-0.4, -0.2) is 39.8 Å². The molecule has 6 heteroatoms. The first-order valence-corrected chi connectivity index (χ1v) is 8.42. The first-order valence-electron chi connectivity index (χ1n) is 8.42. The van der Waals surface area contributed by atoms with Gasteiger partial charge in [-0.2, -0.15) is 4.39 Å². The molecule has 1 N–H and O–H groups in total. The third kappa shape index (κ3) is 3.86. The van der Waals surface area contributed by atoms with E-state index in [9.17, 15) is 14.3 Å². The minimum absolute atomic E-state index is 0.221. The maximum Gasteiger partial charge on any atom is 0.410 e. The Balaban J connectivity index is 2.19. The zero-order valence-corrected chi connectivity index (χ0v) is 15.1. The molecule has 1 aliphatic heterocycles. The van der Waals surface area contributed by atoms with Gasteiger partial charge >= 0.3 is 6.09 Å². The van der Waals surface area contributed by atoms with Gasteiger partial charge in [0.05, 0.1) is 5.60 Å². The highest BCUT2D eigenvalue weighted by Gasteiger charge is 2.44. The third-order valence-corrected chi connectivity index (χ3v) is 4.49. The molecule has 1 aromatic rings. The second kappa shape index (κ2) is 6.67. The molecule has 0 spiro atoms. The van der Waals surface area contributed by atoms with Crippen molar-refractivity contribution in [3.63, 3.8) is 0 Å². The van der Waals surface area contributed by atoms with Crippen LogP contribution in [0.1, 0.15) is 52.2 Å². The zero-order chi connectivity index (χ0) is 18.1. The molecule has 1 aliphatic rings. The monoisotopic (exact) mass is 338 g/mol. The lowest BCUT2D eigenvalue weighted by Gasteiger charge is -2.43. The molecule has 1 aromatic heterocycles. The third-order valence-electron chi connectivity index (χ3n) is 4.49. The number of likely N-dealkylation sites (tertiary alicyclic amines) is 1. The number of aryl methyl sites for hydroxylation is 1. The summed E-state index contributed by atoms with van der Waals surface area (Å²) >= 11 is 0. The lowest BCUT2D eigenvalue weighted by Crippen LogP contribution is -2.52. The van der Waals surface area contributed by atoms with E-state index in [-0.39, 0.29) is 17.9 Å². The van der Waals surface area contributed by atoms with E-state index in [1.165, 1.54) is 6.20 Å². The lowest BCUT2D eigenvalue weighted by molar-refractivity contribution is -0.0757. The van der Waals surface area contributed by atoms with Crippen molar-refractivity contribution in [3.05, 3.63) is 29.3 Å². The quantitative estimate of drug-likeness (QED) is 0.841. The van der Waals surface area contributed by atoms with Crippen LogP contribution in [0.5, 0.6) is 0 Å². The number of aromatic nitrogens is 1. The van der Waals surface area contributed by atoms with Crippen LogP contribution in [0.3, 0.4) is 0 Å². The number of hydrogen-bond acceptors (Lipinski definition) is 4. The summed E-state index contributed by atoms with van der Waals surface area (Å²) in [6.45, 7) is 9.82. The van der Waals surface area contributed by atoms with Gasteiger partial charge < -0.3 is 14.7 Å². The summed E-state index contributed by atoms with van der Waals surface area (Å²) in [4.78, 5) is 17.6. The zero-order valence-electron chi connectivity index (χ0n) is 15.1. The van der Waals surface area contributed by atoms with Crippen LogP contribution in [0.25, 0.3) is 0 Å². The van der Waals surface area contributed by atoms with Crippen molar-refractivity contribution in [1.82, 2.24) is 9.88 Å². The fraction of sp³-hybridized carbons (Fsp3) is 0.667. The fourth-order valence-corrected chi connectivity index (χ4v) is 3.01. The van der Waals surface area contributed by atoms with Crippen molar-refractivity contribution >= 4 is 6.09 Å². The van der Waals surface area contributed by atoms with Crippen molar-refractivity contribution in [2.24, 2.45) is 5.92 Å². The summed E-state index contributed by atoms with van der Waals surface area (Å²) in [6, 6.07) is 1.68. The number of nitrogens with zero attached hydrogens (tertiary/aromatic N) is 2. The number of ether oxygens (including phenoxy) is 1. The fourth-order valence-electron chi connectivity index (χ4n) is 3.01. The molecule has 2 unspecified atom stereocenters. The van der Waals surface area contributed by atoms with E-state index in [0.29, 0.717) is 13.1 Å². The highest BCUT2D eigenvalue weighted by molar-refractivity contribution is 5.68. The number of rotatable bonds is 2. The highest BCUT2D eigenvalue weighted by Crippen LogP contribution is 2.38. The van der Waals surface area contributed by atoms with E-state index in [2.05, 4.69) is 4.98 Å². The van der Waals surface area contributed by atoms with Gasteiger partial charge in [0, 0.05) is 30.8 Å². The minimum atomic E-state index is -1.33. The first-order chi connectivity index (χ1) is 11.1. The summed E-state index contributed by atoms with van der Waals surface area (Å²) in [6.07, 6.45) is 2.05. The van der Waals surface area contributed by atoms with Crippen LogP contribution in [0, 0.1) is 11.9 Å². The van der Waals surface area contributed by atoms with Gasteiger partial charge in [-0.3, -0.25) is 0 Å². The summed E-state index contributed by atoms with van der Waals surface area (Å²) in [5, 5.41) is 11.1. The molecule has 1 fully saturated rings. The predicted octanol–water partition coefficient (Wildman–Crippen LogP) is 3.25. The average Bonchev–Trinajstić information content (AvgIpc) is 2.48. The van der Waals surface area contributed by atoms with Crippen molar-refractivity contribution in [1.29, 1.82) is 0 Å². The summed E-state index contributed by atoms with van der Waals surface area (Å²) in [7, 11) is 0. The molecule has 0 aliphatic carbocycles. The van der Waals surface area contributed by atoms with Gasteiger partial charge in [0.25, 0.3) is 0 Å². The molecule has 24 heavy (non-hydrogen) atoms. The number of pyridine rings is 1. The van der Waals surface area contributed by atoms with Gasteiger partial charge in [-0.15, -0.1) is 0 Å². The Hall–Kier alpha value is -1.69. The first kappa shape index (κ1) is 18.6. The van der Waals surface area contributed by atoms with E-state index in [1.54, 1.807) is 11.0 Å². The molecule has 0 aromatic carbocycles. The highest BCUT2D eigenvalue weighted by atomic mass is 19.1. The van der Waals surface area contributed by atoms with E-state index < -0.39 is 23.2 Å². The number of carbonyl (C=O) groups excluding carboxylic acids is 1. The summed E-state index contributed by atoms with van der Waals surface area (Å²) in [5.41, 5.74) is -0.805. The average molecular weight is 338 g/mol. The van der Waals surface area contributed by atoms with E-state index in [0.717, 1.165) is 12.0 Å². The van der Waals surface area contributed by atoms with Gasteiger partial charge in [-0.05, 0) is 45.2 Å². The molecule has 0 saturated carbocycles. The van der Waals surface area contributed by atoms with Crippen molar-refractivity contribution < 1.29 is 19.0 Å². The van der Waals surface area contributed by atoms with Gasteiger partial charge in [0.15, 0.2) is 0 Å². The summed E-state index contributed by atoms with van der Waals surface area (Å²) in [5.74, 6) is -0.977. The molecular weight excluding hydrogens is 311 g/mol. The number of carbonyl (C=O) groups is 1. The van der Waals surface area contributed by atoms with Crippen LogP contribution < -0.4 is 0 Å². The molecule has 2 rings (SSSR count). The van der Waals surface area contributed by atoms with Crippen LogP contribution in [0.2, 0.25) is 0 Å². The minimum Gasteiger partial charge on any atom is -0.444 e. The second-order valence-corrected chi connectivity index (χ2v) is 7.54. The molecule has 1 saturated heterocycles. The van der Waals surface area contributed by atoms with Crippen LogP contribution >= 0.6 is 0 Å². The standard InChI is InChI=1S/C18H27FN2O3/c1-6-13-9-14(15(19)20-10-13)18(23)7-8-21(11-12(18)2)16(22)24-17(3,4)5/h9-10,12,23H,6-8,11H2,1-5H3. The number of hydrogen-bond donors (Lipinski definition) is 1. The molecule has 134 valence electrons. The van der Waals surface area contributed by atoms with E-state index in [4.69, 9.17) is 4.74 Å². The molecule has 5 nitrogen and oxygen atoms in total. The number of piperidine rings is 1. The Kier molecular flexibility index (Phi) is 5.18. The Morgan fingerprint density at radius 2 is 2.21 bits per heavy atom. The van der Waals surface area contributed by atoms with Gasteiger partial charge in [-0.25, -0.2) is 9.78 Å². The lowest BCUT2D eigenvalue weighted by atomic mass is 9.77. The smallest absolute Gasteiger partial charge is 0.410 e. The predicted molar refractivity (Wildman–Crippen MR) is 89.1 cm³/mol. The van der Waals surface area contributed by atoms with E-state index >= 15 is 0 Å². The largest absolute Gasteiger partial charge is 0.444 e. The molecule has 2 heterocycles. The molecular formula is C18H27FN2O3. The van der Waals surface area contributed by atoms with Gasteiger partial charge in [0.2, 0.25) is 5.95 Å². The normalized spacial score (nSPS) is 24.8. The van der Waals surface area contributed by atoms with E-state index in [1.807, 2.05) is 34.6 Å². The maximum atomic E-state index is 14.2. The Morgan fingerprint density at radius 1 is 1.54 bits per heavy atom. The van der Waals surface area contributed by atoms with Gasteiger partial charge in [0.1, 0.15) is 5.60 Å². The molecule has 1 amide bonds. The Morgan fingerprint density at radius 3 is 2.75 bits per heavy atom. The van der Waals surface area contributed by atoms with Crippen LogP contribution in [-0.2, 0) is 16.8 Å². The summed E-state index contributed by atoms with van der Waals surface area (Å²) < 4.78 is 19.6. The maximum absolute atomic E-state index is 14.2. The van der Waals surface area contributed by atoms with Crippen LogP contribution in [0.15, 0.2) is 12.3 Å². The Bertz CT molecular complexity index is 615. The topological polar surface area (TPSA) is 62.7 Å². The van der Waals surface area contributed by atoms with Crippen LogP contribution in [0.4, 0.5) is 9.18 Å². The second-order valence-electron chi connectivity index (χ2n) is 7.54.